The lowest BCUT2D eigenvalue weighted by Gasteiger charge is -1.94. The number of allylic oxidation sites excluding steroid dienone is 3. The molecule has 0 aliphatic carbocycles. The molecule has 0 fully saturated rings. The molecule has 0 aliphatic rings. The molecule has 0 saturated carbocycles. The summed E-state index contributed by atoms with van der Waals surface area (Å²) in [6.45, 7) is 7.59. The lowest BCUT2D eigenvalue weighted by Crippen LogP contribution is -1.90. The molecular weight excluding hydrogens is 110 g/mol. The second kappa shape index (κ2) is 4.07. The van der Waals surface area contributed by atoms with Crippen LogP contribution in [0.15, 0.2) is 29.3 Å². The minimum Gasteiger partial charge on any atom is -0.293 e. The van der Waals surface area contributed by atoms with Crippen LogP contribution in [0.2, 0.25) is 0 Å². The van der Waals surface area contributed by atoms with Crippen molar-refractivity contribution in [3.63, 3.8) is 0 Å². The largest absolute Gasteiger partial charge is 0.293 e. The Labute approximate surface area is 56.8 Å². The predicted octanol–water partition coefficient (Wildman–Crippen LogP) is 2.21. The van der Waals surface area contributed by atoms with Crippen molar-refractivity contribution < 1.29 is 0 Å². The van der Waals surface area contributed by atoms with Gasteiger partial charge in [0, 0.05) is 12.8 Å². The Hall–Kier alpha value is -0.850. The fourth-order valence-electron chi connectivity index (χ4n) is 0.474. The summed E-state index contributed by atoms with van der Waals surface area (Å²) >= 11 is 0. The third kappa shape index (κ3) is 2.85. The van der Waals surface area contributed by atoms with Crippen LogP contribution < -0.4 is 0 Å². The van der Waals surface area contributed by atoms with E-state index in [4.69, 9.17) is 0 Å². The van der Waals surface area contributed by atoms with Gasteiger partial charge in [-0.3, -0.25) is 4.99 Å². The maximum Gasteiger partial charge on any atom is 0.0343 e. The van der Waals surface area contributed by atoms with E-state index in [0.717, 1.165) is 5.71 Å². The van der Waals surface area contributed by atoms with Gasteiger partial charge in [0.25, 0.3) is 0 Å². The highest BCUT2D eigenvalue weighted by molar-refractivity contribution is 5.97. The van der Waals surface area contributed by atoms with Crippen molar-refractivity contribution in [1.82, 2.24) is 0 Å². The molecule has 9 heavy (non-hydrogen) atoms. The Morgan fingerprint density at radius 1 is 1.44 bits per heavy atom. The van der Waals surface area contributed by atoms with Crippen LogP contribution in [0.1, 0.15) is 13.8 Å². The van der Waals surface area contributed by atoms with E-state index in [0.29, 0.717) is 0 Å². The lowest BCUT2D eigenvalue weighted by molar-refractivity contribution is 1.39. The molecule has 0 atom stereocenters. The van der Waals surface area contributed by atoms with E-state index >= 15 is 0 Å². The summed E-state index contributed by atoms with van der Waals surface area (Å²) in [7, 11) is 1.79. The second-order valence-corrected chi connectivity index (χ2v) is 1.89. The summed E-state index contributed by atoms with van der Waals surface area (Å²) in [5.74, 6) is 0. The normalized spacial score (nSPS) is 13.7. The van der Waals surface area contributed by atoms with Crippen molar-refractivity contribution in [3.05, 3.63) is 24.3 Å². The van der Waals surface area contributed by atoms with Gasteiger partial charge in [-0.25, -0.2) is 0 Å². The molecule has 0 amide bonds. The van der Waals surface area contributed by atoms with Crippen LogP contribution >= 0.6 is 0 Å². The van der Waals surface area contributed by atoms with Crippen LogP contribution in [0.4, 0.5) is 0 Å². The van der Waals surface area contributed by atoms with Gasteiger partial charge in [0.15, 0.2) is 0 Å². The zero-order valence-corrected chi connectivity index (χ0v) is 6.31. The number of rotatable bonds is 2. The third-order valence-electron chi connectivity index (χ3n) is 1.27. The van der Waals surface area contributed by atoms with Gasteiger partial charge in [0.05, 0.1) is 0 Å². The molecule has 0 bridgehead atoms. The molecule has 0 aliphatic heterocycles. The molecule has 0 saturated heterocycles. The van der Waals surface area contributed by atoms with Crippen molar-refractivity contribution in [2.45, 2.75) is 13.8 Å². The lowest BCUT2D eigenvalue weighted by atomic mass is 10.2. The van der Waals surface area contributed by atoms with Gasteiger partial charge in [-0.15, -0.1) is 0 Å². The van der Waals surface area contributed by atoms with Crippen molar-refractivity contribution >= 4 is 5.71 Å². The van der Waals surface area contributed by atoms with E-state index in [1.807, 2.05) is 19.9 Å². The van der Waals surface area contributed by atoms with Crippen molar-refractivity contribution in [1.29, 1.82) is 0 Å². The minimum absolute atomic E-state index is 1.06. The first-order valence-corrected chi connectivity index (χ1v) is 2.95. The van der Waals surface area contributed by atoms with Crippen LogP contribution in [-0.2, 0) is 0 Å². The van der Waals surface area contributed by atoms with Gasteiger partial charge in [0.2, 0.25) is 0 Å². The fraction of sp³-hybridized carbons (Fsp3) is 0.375. The maximum atomic E-state index is 4.01. The first-order chi connectivity index (χ1) is 4.22. The van der Waals surface area contributed by atoms with Crippen LogP contribution in [0, 0.1) is 0 Å². The molecule has 0 aromatic carbocycles. The topological polar surface area (TPSA) is 12.4 Å². The van der Waals surface area contributed by atoms with Crippen LogP contribution in [0.3, 0.4) is 0 Å². The highest BCUT2D eigenvalue weighted by atomic mass is 14.7. The summed E-state index contributed by atoms with van der Waals surface area (Å²) in [5, 5.41) is 0. The molecule has 50 valence electrons. The van der Waals surface area contributed by atoms with E-state index in [2.05, 4.69) is 11.6 Å². The average Bonchev–Trinajstić information content (AvgIpc) is 1.87. The van der Waals surface area contributed by atoms with E-state index in [1.54, 1.807) is 13.1 Å². The molecule has 0 spiro atoms. The van der Waals surface area contributed by atoms with Gasteiger partial charge in [-0.2, -0.15) is 0 Å². The summed E-state index contributed by atoms with van der Waals surface area (Å²) in [6.07, 6.45) is 3.71. The summed E-state index contributed by atoms with van der Waals surface area (Å²) in [4.78, 5) is 4.01. The average molecular weight is 123 g/mol. The van der Waals surface area contributed by atoms with Gasteiger partial charge < -0.3 is 0 Å². The molecule has 1 heteroatoms. The third-order valence-corrected chi connectivity index (χ3v) is 1.27. The van der Waals surface area contributed by atoms with Crippen molar-refractivity contribution in [2.24, 2.45) is 4.99 Å². The number of hydrogen-bond donors (Lipinski definition) is 0. The standard InChI is InChI=1S/C8H13N/c1-5-6-7(2)8(3)9-4/h5-6H,1H2,2-4H3. The molecular formula is C8H13N. The molecule has 0 unspecified atom stereocenters. The SMILES string of the molecule is C=CC=C(C)C(C)=NC. The van der Waals surface area contributed by atoms with E-state index in [1.165, 1.54) is 5.57 Å². The van der Waals surface area contributed by atoms with Gasteiger partial charge in [-0.05, 0) is 19.4 Å². The molecule has 0 aromatic rings. The fourth-order valence-corrected chi connectivity index (χ4v) is 0.474. The van der Waals surface area contributed by atoms with Crippen LogP contribution in [-0.4, -0.2) is 12.8 Å². The second-order valence-electron chi connectivity index (χ2n) is 1.89. The summed E-state index contributed by atoms with van der Waals surface area (Å²) in [6, 6.07) is 0. The maximum absolute atomic E-state index is 4.01. The zero-order chi connectivity index (χ0) is 7.28. The predicted molar refractivity (Wildman–Crippen MR) is 43.0 cm³/mol. The summed E-state index contributed by atoms with van der Waals surface area (Å²) in [5.41, 5.74) is 2.24. The molecule has 0 rings (SSSR count). The zero-order valence-electron chi connectivity index (χ0n) is 6.31. The van der Waals surface area contributed by atoms with Crippen molar-refractivity contribution in [3.8, 4) is 0 Å². The van der Waals surface area contributed by atoms with Crippen molar-refractivity contribution in [2.75, 3.05) is 7.05 Å². The molecule has 0 aromatic heterocycles. The Morgan fingerprint density at radius 3 is 2.33 bits per heavy atom. The molecule has 0 N–H and O–H groups in total. The Bertz CT molecular complexity index is 152. The summed E-state index contributed by atoms with van der Waals surface area (Å²) < 4.78 is 0. The Kier molecular flexibility index (Phi) is 3.69. The molecule has 0 radical (unpaired) electrons. The highest BCUT2D eigenvalue weighted by Crippen LogP contribution is 1.95. The van der Waals surface area contributed by atoms with Crippen LogP contribution in [0.5, 0.6) is 0 Å². The monoisotopic (exact) mass is 123 g/mol. The van der Waals surface area contributed by atoms with E-state index < -0.39 is 0 Å². The highest BCUT2D eigenvalue weighted by Gasteiger charge is 1.87. The first kappa shape index (κ1) is 8.15. The number of nitrogens with zero attached hydrogens (tertiary/aromatic N) is 1. The molecule has 1 nitrogen and oxygen atoms in total. The van der Waals surface area contributed by atoms with E-state index in [-0.39, 0.29) is 0 Å². The number of aliphatic imine (C=N–C) groups is 1. The van der Waals surface area contributed by atoms with Gasteiger partial charge in [0.1, 0.15) is 0 Å². The molecule has 0 heterocycles. The van der Waals surface area contributed by atoms with Gasteiger partial charge >= 0.3 is 0 Å². The van der Waals surface area contributed by atoms with E-state index in [9.17, 15) is 0 Å². The quantitative estimate of drug-likeness (QED) is 0.394. The smallest absolute Gasteiger partial charge is 0.0343 e. The first-order valence-electron chi connectivity index (χ1n) is 2.95. The Morgan fingerprint density at radius 2 is 2.00 bits per heavy atom. The Balaban J connectivity index is 4.19. The van der Waals surface area contributed by atoms with Gasteiger partial charge in [-0.1, -0.05) is 18.7 Å². The van der Waals surface area contributed by atoms with Crippen LogP contribution in [0.25, 0.3) is 0 Å². The minimum atomic E-state index is 1.06. The number of hydrogen-bond acceptors (Lipinski definition) is 1.